The number of aryl methyl sites for hydroxylation is 1. The van der Waals surface area contributed by atoms with E-state index in [-0.39, 0.29) is 0 Å². The Kier molecular flexibility index (Phi) is 5.11. The smallest absolute Gasteiger partial charge is 0.00842 e. The van der Waals surface area contributed by atoms with E-state index in [2.05, 4.69) is 67.6 Å². The van der Waals surface area contributed by atoms with Crippen molar-refractivity contribution in [3.8, 4) is 0 Å². The van der Waals surface area contributed by atoms with Gasteiger partial charge >= 0.3 is 0 Å². The van der Waals surface area contributed by atoms with Gasteiger partial charge in [-0.05, 0) is 62.5 Å². The molecule has 3 rings (SSSR count). The summed E-state index contributed by atoms with van der Waals surface area (Å²) < 4.78 is 0. The van der Waals surface area contributed by atoms with Crippen LogP contribution in [-0.2, 0) is 6.42 Å². The number of allylic oxidation sites excluding steroid dienone is 2. The third kappa shape index (κ3) is 4.10. The van der Waals surface area contributed by atoms with Gasteiger partial charge in [-0.3, -0.25) is 0 Å². The van der Waals surface area contributed by atoms with Crippen LogP contribution in [0.4, 0.5) is 0 Å². The molecule has 0 aliphatic heterocycles. The van der Waals surface area contributed by atoms with E-state index < -0.39 is 0 Å². The molecule has 0 heterocycles. The molecule has 0 aromatic heterocycles. The van der Waals surface area contributed by atoms with Crippen LogP contribution in [0.5, 0.6) is 0 Å². The zero-order valence-electron chi connectivity index (χ0n) is 13.6. The van der Waals surface area contributed by atoms with Gasteiger partial charge in [0, 0.05) is 0 Å². The van der Waals surface area contributed by atoms with Crippen molar-refractivity contribution >= 4 is 0 Å². The van der Waals surface area contributed by atoms with Gasteiger partial charge in [-0.1, -0.05) is 71.8 Å². The minimum atomic E-state index is 0.603. The highest BCUT2D eigenvalue weighted by atomic mass is 14.2. The molecule has 0 bridgehead atoms. The van der Waals surface area contributed by atoms with E-state index in [0.29, 0.717) is 5.92 Å². The maximum atomic E-state index is 2.50. The lowest BCUT2D eigenvalue weighted by molar-refractivity contribution is 0.612. The number of hydrogen-bond acceptors (Lipinski definition) is 0. The highest BCUT2D eigenvalue weighted by molar-refractivity contribution is 5.29. The van der Waals surface area contributed by atoms with Gasteiger partial charge in [-0.15, -0.1) is 0 Å². The minimum absolute atomic E-state index is 0.603. The van der Waals surface area contributed by atoms with E-state index in [1.54, 1.807) is 5.57 Å². The Morgan fingerprint density at radius 1 is 0.909 bits per heavy atom. The van der Waals surface area contributed by atoms with Crippen molar-refractivity contribution in [1.82, 2.24) is 0 Å². The van der Waals surface area contributed by atoms with Crippen LogP contribution >= 0.6 is 0 Å². The molecule has 0 N–H and O–H groups in total. The van der Waals surface area contributed by atoms with Gasteiger partial charge in [0.15, 0.2) is 0 Å². The van der Waals surface area contributed by atoms with Crippen molar-refractivity contribution in [3.63, 3.8) is 0 Å². The molecule has 0 nitrogen and oxygen atoms in total. The van der Waals surface area contributed by atoms with Crippen molar-refractivity contribution in [2.45, 2.75) is 51.4 Å². The summed E-state index contributed by atoms with van der Waals surface area (Å²) in [5.74, 6) is 0.603. The molecular weight excluding hydrogens is 264 g/mol. The van der Waals surface area contributed by atoms with Crippen LogP contribution in [0, 0.1) is 6.92 Å². The van der Waals surface area contributed by atoms with Gasteiger partial charge in [-0.2, -0.15) is 0 Å². The summed E-state index contributed by atoms with van der Waals surface area (Å²) in [5, 5.41) is 0. The number of hydrogen-bond donors (Lipinski definition) is 0. The van der Waals surface area contributed by atoms with Gasteiger partial charge in [-0.25, -0.2) is 0 Å². The first-order valence-corrected chi connectivity index (χ1v) is 8.59. The van der Waals surface area contributed by atoms with Crippen molar-refractivity contribution in [2.75, 3.05) is 0 Å². The topological polar surface area (TPSA) is 0 Å². The Bertz CT molecular complexity index is 621. The number of benzene rings is 2. The second kappa shape index (κ2) is 7.45. The minimum Gasteiger partial charge on any atom is -0.0853 e. The van der Waals surface area contributed by atoms with Crippen LogP contribution in [0.15, 0.2) is 66.2 Å². The van der Waals surface area contributed by atoms with E-state index in [4.69, 9.17) is 0 Å². The molecule has 2 aromatic carbocycles. The van der Waals surface area contributed by atoms with E-state index >= 15 is 0 Å². The molecule has 1 aliphatic carbocycles. The highest BCUT2D eigenvalue weighted by Crippen LogP contribution is 2.32. The van der Waals surface area contributed by atoms with Gasteiger partial charge in [0.1, 0.15) is 0 Å². The fraction of sp³-hybridized carbons (Fsp3) is 0.364. The van der Waals surface area contributed by atoms with Crippen LogP contribution in [0.2, 0.25) is 0 Å². The lowest BCUT2D eigenvalue weighted by Crippen LogP contribution is -2.06. The molecule has 0 fully saturated rings. The predicted octanol–water partition coefficient (Wildman–Crippen LogP) is 6.21. The van der Waals surface area contributed by atoms with Crippen molar-refractivity contribution < 1.29 is 0 Å². The fourth-order valence-electron chi connectivity index (χ4n) is 3.54. The van der Waals surface area contributed by atoms with E-state index in [0.717, 1.165) is 6.42 Å². The van der Waals surface area contributed by atoms with Crippen LogP contribution in [-0.4, -0.2) is 0 Å². The monoisotopic (exact) mass is 290 g/mol. The van der Waals surface area contributed by atoms with Gasteiger partial charge in [0.05, 0.1) is 0 Å². The molecule has 2 aromatic rings. The van der Waals surface area contributed by atoms with Crippen LogP contribution in [0.25, 0.3) is 0 Å². The normalized spacial score (nSPS) is 16.1. The summed E-state index contributed by atoms with van der Waals surface area (Å²) in [7, 11) is 0. The Morgan fingerprint density at radius 2 is 1.77 bits per heavy atom. The van der Waals surface area contributed by atoms with Gasteiger partial charge < -0.3 is 0 Å². The van der Waals surface area contributed by atoms with Crippen LogP contribution in [0.1, 0.15) is 54.7 Å². The molecule has 0 saturated heterocycles. The van der Waals surface area contributed by atoms with Crippen molar-refractivity contribution in [2.24, 2.45) is 0 Å². The molecule has 1 aliphatic rings. The highest BCUT2D eigenvalue weighted by Gasteiger charge is 2.16. The van der Waals surface area contributed by atoms with Crippen LogP contribution < -0.4 is 0 Å². The molecule has 1 atom stereocenters. The number of rotatable bonds is 5. The predicted molar refractivity (Wildman–Crippen MR) is 95.2 cm³/mol. The van der Waals surface area contributed by atoms with Crippen molar-refractivity contribution in [3.05, 3.63) is 82.9 Å². The summed E-state index contributed by atoms with van der Waals surface area (Å²) >= 11 is 0. The summed E-state index contributed by atoms with van der Waals surface area (Å²) in [6.07, 6.45) is 10.2. The van der Waals surface area contributed by atoms with Gasteiger partial charge in [0.25, 0.3) is 0 Å². The van der Waals surface area contributed by atoms with Crippen LogP contribution in [0.3, 0.4) is 0 Å². The molecule has 114 valence electrons. The molecule has 0 saturated carbocycles. The molecule has 0 radical (unpaired) electrons. The second-order valence-corrected chi connectivity index (χ2v) is 6.61. The third-order valence-corrected chi connectivity index (χ3v) is 4.73. The maximum Gasteiger partial charge on any atom is -0.00842 e. The Hall–Kier alpha value is -1.82. The molecular formula is C22H26. The SMILES string of the molecule is Cc1cccc(C(CC2=CCCCC2)Cc2ccccc2)c1. The quantitative estimate of drug-likeness (QED) is 0.574. The van der Waals surface area contributed by atoms with Crippen molar-refractivity contribution in [1.29, 1.82) is 0 Å². The van der Waals surface area contributed by atoms with E-state index in [9.17, 15) is 0 Å². The summed E-state index contributed by atoms with van der Waals surface area (Å²) in [5.41, 5.74) is 5.99. The first-order valence-electron chi connectivity index (χ1n) is 8.59. The van der Waals surface area contributed by atoms with Gasteiger partial charge in [0.2, 0.25) is 0 Å². The molecule has 0 amide bonds. The first kappa shape index (κ1) is 15.1. The molecule has 22 heavy (non-hydrogen) atoms. The first-order chi connectivity index (χ1) is 10.8. The molecule has 0 heteroatoms. The second-order valence-electron chi connectivity index (χ2n) is 6.61. The summed E-state index contributed by atoms with van der Waals surface area (Å²) in [6.45, 7) is 2.20. The Balaban J connectivity index is 1.82. The maximum absolute atomic E-state index is 2.50. The lowest BCUT2D eigenvalue weighted by Gasteiger charge is -2.22. The fourth-order valence-corrected chi connectivity index (χ4v) is 3.54. The zero-order chi connectivity index (χ0) is 15.2. The average molecular weight is 290 g/mol. The van der Waals surface area contributed by atoms with E-state index in [1.165, 1.54) is 48.8 Å². The largest absolute Gasteiger partial charge is 0.0853 e. The summed E-state index contributed by atoms with van der Waals surface area (Å²) in [4.78, 5) is 0. The third-order valence-electron chi connectivity index (χ3n) is 4.73. The lowest BCUT2D eigenvalue weighted by atomic mass is 9.83. The van der Waals surface area contributed by atoms with E-state index in [1.807, 2.05) is 0 Å². The zero-order valence-corrected chi connectivity index (χ0v) is 13.6. The Morgan fingerprint density at radius 3 is 2.50 bits per heavy atom. The molecule has 1 unspecified atom stereocenters. The Labute approximate surface area is 134 Å². The standard InChI is InChI=1S/C22H26/c1-18-9-8-14-21(15-18)22(16-19-10-4-2-5-11-19)17-20-12-6-3-7-13-20/h2,4-5,8-12,14-15,22H,3,6-7,13,16-17H2,1H3. The summed E-state index contributed by atoms with van der Waals surface area (Å²) in [6, 6.07) is 20.0. The molecule has 0 spiro atoms. The average Bonchev–Trinajstić information content (AvgIpc) is 2.56.